The molecule has 0 unspecified atom stereocenters. The molecule has 0 saturated heterocycles. The lowest BCUT2D eigenvalue weighted by Crippen LogP contribution is -1.90. The number of aliphatic imine (C=N–C) groups is 1. The molecular formula is C8H9N. The maximum absolute atomic E-state index is 5.04. The van der Waals surface area contributed by atoms with Crippen molar-refractivity contribution in [3.63, 3.8) is 0 Å². The van der Waals surface area contributed by atoms with E-state index in [2.05, 4.69) is 24.1 Å². The molecule has 0 atom stereocenters. The standard InChI is InChI=1S/C8H9N/c1-5-7(3)8(4)9-6-2/h1,6H,2-3H2,4H3. The summed E-state index contributed by atoms with van der Waals surface area (Å²) >= 11 is 0. The van der Waals surface area contributed by atoms with E-state index in [9.17, 15) is 0 Å². The number of allylic oxidation sites excluding steroid dienone is 1. The minimum Gasteiger partial charge on any atom is -0.261 e. The first kappa shape index (κ1) is 7.71. The molecule has 0 fully saturated rings. The predicted octanol–water partition coefficient (Wildman–Crippen LogP) is 1.78. The third-order valence-electron chi connectivity index (χ3n) is 0.896. The molecule has 0 aliphatic heterocycles. The van der Waals surface area contributed by atoms with Crippen molar-refractivity contribution in [2.45, 2.75) is 6.92 Å². The summed E-state index contributed by atoms with van der Waals surface area (Å²) in [6, 6.07) is 0. The number of terminal acetylenes is 1. The topological polar surface area (TPSA) is 12.4 Å². The Morgan fingerprint density at radius 2 is 2.33 bits per heavy atom. The van der Waals surface area contributed by atoms with Crippen LogP contribution in [-0.4, -0.2) is 5.71 Å². The Hall–Kier alpha value is -1.29. The average molecular weight is 119 g/mol. The lowest BCUT2D eigenvalue weighted by Gasteiger charge is -1.90. The molecule has 0 radical (unpaired) electrons. The monoisotopic (exact) mass is 119 g/mol. The van der Waals surface area contributed by atoms with Crippen LogP contribution < -0.4 is 0 Å². The van der Waals surface area contributed by atoms with Crippen molar-refractivity contribution in [3.8, 4) is 12.3 Å². The Kier molecular flexibility index (Phi) is 3.15. The fraction of sp³-hybridized carbons (Fsp3) is 0.125. The minimum absolute atomic E-state index is 0.606. The van der Waals surface area contributed by atoms with Crippen LogP contribution >= 0.6 is 0 Å². The van der Waals surface area contributed by atoms with E-state index in [1.54, 1.807) is 6.92 Å². The smallest absolute Gasteiger partial charge is 0.0522 e. The number of hydrogen-bond acceptors (Lipinski definition) is 1. The molecule has 0 rings (SSSR count). The van der Waals surface area contributed by atoms with Gasteiger partial charge in [0.25, 0.3) is 0 Å². The third kappa shape index (κ3) is 2.50. The van der Waals surface area contributed by atoms with E-state index in [0.29, 0.717) is 5.57 Å². The predicted molar refractivity (Wildman–Crippen MR) is 41.3 cm³/mol. The Labute approximate surface area is 55.8 Å². The van der Waals surface area contributed by atoms with Crippen molar-refractivity contribution in [1.82, 2.24) is 0 Å². The summed E-state index contributed by atoms with van der Waals surface area (Å²) in [5.74, 6) is 2.38. The maximum atomic E-state index is 5.04. The van der Waals surface area contributed by atoms with Gasteiger partial charge in [0, 0.05) is 11.8 Å². The van der Waals surface area contributed by atoms with Gasteiger partial charge in [-0.05, 0) is 6.92 Å². The summed E-state index contributed by atoms with van der Waals surface area (Å²) in [7, 11) is 0. The SMILES string of the molecule is C#CC(=C)C(C)=NC=C. The molecule has 0 aromatic heterocycles. The van der Waals surface area contributed by atoms with Gasteiger partial charge < -0.3 is 0 Å². The summed E-state index contributed by atoms with van der Waals surface area (Å²) in [5.41, 5.74) is 1.35. The van der Waals surface area contributed by atoms with E-state index in [-0.39, 0.29) is 0 Å². The molecular weight excluding hydrogens is 110 g/mol. The van der Waals surface area contributed by atoms with Gasteiger partial charge in [-0.1, -0.05) is 19.1 Å². The zero-order valence-corrected chi connectivity index (χ0v) is 5.52. The summed E-state index contributed by atoms with van der Waals surface area (Å²) in [4.78, 5) is 3.83. The van der Waals surface area contributed by atoms with Crippen LogP contribution in [0.4, 0.5) is 0 Å². The lowest BCUT2D eigenvalue weighted by atomic mass is 10.2. The van der Waals surface area contributed by atoms with Crippen molar-refractivity contribution >= 4 is 5.71 Å². The van der Waals surface area contributed by atoms with Gasteiger partial charge in [0.05, 0.1) is 5.71 Å². The summed E-state index contributed by atoms with van der Waals surface area (Å²) in [6.45, 7) is 8.79. The van der Waals surface area contributed by atoms with Crippen molar-refractivity contribution < 1.29 is 0 Å². The minimum atomic E-state index is 0.606. The molecule has 0 aliphatic rings. The first-order valence-corrected chi connectivity index (χ1v) is 2.53. The van der Waals surface area contributed by atoms with Crippen molar-refractivity contribution in [2.75, 3.05) is 0 Å². The van der Waals surface area contributed by atoms with Gasteiger partial charge in [0.1, 0.15) is 0 Å². The third-order valence-corrected chi connectivity index (χ3v) is 0.896. The molecule has 1 heteroatoms. The molecule has 46 valence electrons. The zero-order chi connectivity index (χ0) is 7.28. The first-order chi connectivity index (χ1) is 4.22. The van der Waals surface area contributed by atoms with Crippen molar-refractivity contribution in [2.24, 2.45) is 4.99 Å². The van der Waals surface area contributed by atoms with E-state index in [1.165, 1.54) is 6.20 Å². The van der Waals surface area contributed by atoms with E-state index >= 15 is 0 Å². The number of rotatable bonds is 2. The highest BCUT2D eigenvalue weighted by molar-refractivity contribution is 6.01. The number of hydrogen-bond donors (Lipinski definition) is 0. The normalized spacial score (nSPS) is 10.0. The molecule has 0 spiro atoms. The van der Waals surface area contributed by atoms with Gasteiger partial charge in [0.15, 0.2) is 0 Å². The molecule has 0 heterocycles. The van der Waals surface area contributed by atoms with Crippen molar-refractivity contribution in [3.05, 3.63) is 24.9 Å². The fourth-order valence-corrected chi connectivity index (χ4v) is 0.319. The van der Waals surface area contributed by atoms with Crippen LogP contribution in [0, 0.1) is 12.3 Å². The number of nitrogens with zero attached hydrogens (tertiary/aromatic N) is 1. The quantitative estimate of drug-likeness (QED) is 0.388. The van der Waals surface area contributed by atoms with E-state index in [0.717, 1.165) is 5.71 Å². The molecule has 0 aliphatic carbocycles. The van der Waals surface area contributed by atoms with Crippen LogP contribution in [0.1, 0.15) is 6.92 Å². The summed E-state index contributed by atoms with van der Waals surface area (Å²) in [6.07, 6.45) is 6.48. The van der Waals surface area contributed by atoms with Crippen LogP contribution in [0.5, 0.6) is 0 Å². The second-order valence-electron chi connectivity index (χ2n) is 1.52. The fourth-order valence-electron chi connectivity index (χ4n) is 0.319. The average Bonchev–Trinajstić information content (AvgIpc) is 1.87. The lowest BCUT2D eigenvalue weighted by molar-refractivity contribution is 1.54. The highest BCUT2D eigenvalue weighted by atomic mass is 14.7. The Balaban J connectivity index is 4.24. The molecule has 0 N–H and O–H groups in total. The highest BCUT2D eigenvalue weighted by Gasteiger charge is 1.88. The summed E-state index contributed by atoms with van der Waals surface area (Å²) in [5, 5.41) is 0. The molecule has 0 amide bonds. The second-order valence-corrected chi connectivity index (χ2v) is 1.52. The Morgan fingerprint density at radius 3 is 2.67 bits per heavy atom. The molecule has 1 nitrogen and oxygen atoms in total. The van der Waals surface area contributed by atoms with Crippen LogP contribution in [0.15, 0.2) is 29.9 Å². The van der Waals surface area contributed by atoms with Gasteiger partial charge in [0.2, 0.25) is 0 Å². The van der Waals surface area contributed by atoms with E-state index < -0.39 is 0 Å². The molecule has 0 aromatic carbocycles. The van der Waals surface area contributed by atoms with Crippen LogP contribution in [0.2, 0.25) is 0 Å². The zero-order valence-electron chi connectivity index (χ0n) is 5.52. The van der Waals surface area contributed by atoms with Crippen LogP contribution in [-0.2, 0) is 0 Å². The Morgan fingerprint density at radius 1 is 1.78 bits per heavy atom. The summed E-state index contributed by atoms with van der Waals surface area (Å²) < 4.78 is 0. The molecule has 0 aromatic rings. The molecule has 0 bridgehead atoms. The van der Waals surface area contributed by atoms with Crippen LogP contribution in [0.3, 0.4) is 0 Å². The van der Waals surface area contributed by atoms with Crippen molar-refractivity contribution in [1.29, 1.82) is 0 Å². The van der Waals surface area contributed by atoms with E-state index in [1.807, 2.05) is 0 Å². The van der Waals surface area contributed by atoms with Gasteiger partial charge in [-0.3, -0.25) is 4.99 Å². The van der Waals surface area contributed by atoms with Gasteiger partial charge in [-0.15, -0.1) is 6.42 Å². The van der Waals surface area contributed by atoms with Crippen LogP contribution in [0.25, 0.3) is 0 Å². The van der Waals surface area contributed by atoms with Gasteiger partial charge in [-0.25, -0.2) is 0 Å². The highest BCUT2D eigenvalue weighted by Crippen LogP contribution is 1.91. The molecule has 0 saturated carbocycles. The van der Waals surface area contributed by atoms with E-state index in [4.69, 9.17) is 6.42 Å². The Bertz CT molecular complexity index is 191. The maximum Gasteiger partial charge on any atom is 0.0522 e. The molecule has 9 heavy (non-hydrogen) atoms. The van der Waals surface area contributed by atoms with Gasteiger partial charge >= 0.3 is 0 Å². The second kappa shape index (κ2) is 3.68. The largest absolute Gasteiger partial charge is 0.261 e. The first-order valence-electron chi connectivity index (χ1n) is 2.53. The van der Waals surface area contributed by atoms with Gasteiger partial charge in [-0.2, -0.15) is 0 Å².